The fourth-order valence-electron chi connectivity index (χ4n) is 3.99. The summed E-state index contributed by atoms with van der Waals surface area (Å²) in [5.74, 6) is -0.820. The average molecular weight is 464 g/mol. The second-order valence-electron chi connectivity index (χ2n) is 7.76. The number of aromatic nitrogens is 5. The van der Waals surface area contributed by atoms with Gasteiger partial charge in [-0.15, -0.1) is 0 Å². The van der Waals surface area contributed by atoms with Gasteiger partial charge in [-0.3, -0.25) is 0 Å². The van der Waals surface area contributed by atoms with E-state index in [-0.39, 0.29) is 23.0 Å². The van der Waals surface area contributed by atoms with Crippen LogP contribution in [-0.4, -0.2) is 73.7 Å². The van der Waals surface area contributed by atoms with E-state index in [1.807, 2.05) is 11.0 Å². The molecule has 1 unspecified atom stereocenters. The number of hydrogen-bond donors (Lipinski definition) is 1. The van der Waals surface area contributed by atoms with E-state index in [0.717, 1.165) is 12.3 Å². The van der Waals surface area contributed by atoms with Gasteiger partial charge in [0.1, 0.15) is 17.2 Å². The minimum atomic E-state index is -0.610. The van der Waals surface area contributed by atoms with Crippen LogP contribution in [-0.2, 0) is 0 Å². The van der Waals surface area contributed by atoms with Crippen LogP contribution in [0, 0.1) is 23.0 Å². The number of hydrazone groups is 1. The third-order valence-corrected chi connectivity index (χ3v) is 5.68. The van der Waals surface area contributed by atoms with Crippen molar-refractivity contribution in [2.24, 2.45) is 5.10 Å². The Morgan fingerprint density at radius 3 is 2.71 bits per heavy atom. The van der Waals surface area contributed by atoms with Gasteiger partial charge in [-0.25, -0.2) is 28.6 Å². The maximum atomic E-state index is 14.2. The van der Waals surface area contributed by atoms with Crippen LogP contribution >= 0.6 is 0 Å². The van der Waals surface area contributed by atoms with Gasteiger partial charge in [0.15, 0.2) is 5.82 Å². The van der Waals surface area contributed by atoms with Crippen LogP contribution in [0.1, 0.15) is 23.6 Å². The lowest BCUT2D eigenvalue weighted by Gasteiger charge is -2.37. The number of nitrogens with zero attached hydrogens (tertiary/aromatic N) is 9. The molecule has 0 spiro atoms. The summed E-state index contributed by atoms with van der Waals surface area (Å²) in [6.07, 6.45) is 4.49. The standard InChI is InChI=1S/C21H18F2N10O/c22-15-8-13(10-24)7-14(9-15)18-1-2-27-33(18)21(34)32-5-3-31(4-6-32)20-25-11-16(23)19(28-20)17-12-26-30-29-17/h2,7-9,11-12,18H,1,3-6H2,(H,26,29,30). The second-order valence-corrected chi connectivity index (χ2v) is 7.76. The summed E-state index contributed by atoms with van der Waals surface area (Å²) in [6.45, 7) is 1.58. The zero-order valence-electron chi connectivity index (χ0n) is 17.8. The molecular formula is C21H18F2N10O. The van der Waals surface area contributed by atoms with E-state index in [1.165, 1.54) is 17.3 Å². The SMILES string of the molecule is N#Cc1cc(F)cc(C2CC=NN2C(=O)N2CCN(c3ncc(F)c(-c4cn[nH]n4)n3)CC2)c1. The van der Waals surface area contributed by atoms with Crippen molar-refractivity contribution in [3.63, 3.8) is 0 Å². The van der Waals surface area contributed by atoms with Crippen molar-refractivity contribution in [1.82, 2.24) is 35.3 Å². The number of aromatic amines is 1. The molecule has 1 fully saturated rings. The molecule has 1 atom stereocenters. The maximum Gasteiger partial charge on any atom is 0.341 e. The lowest BCUT2D eigenvalue weighted by Crippen LogP contribution is -2.52. The average Bonchev–Trinajstić information content (AvgIpc) is 3.56. The summed E-state index contributed by atoms with van der Waals surface area (Å²) < 4.78 is 28.1. The van der Waals surface area contributed by atoms with Crippen LogP contribution < -0.4 is 4.90 Å². The number of piperazine rings is 1. The van der Waals surface area contributed by atoms with E-state index < -0.39 is 17.7 Å². The largest absolute Gasteiger partial charge is 0.341 e. The molecule has 2 aromatic heterocycles. The van der Waals surface area contributed by atoms with E-state index in [9.17, 15) is 13.6 Å². The molecule has 3 aromatic rings. The van der Waals surface area contributed by atoms with Crippen molar-refractivity contribution in [3.05, 3.63) is 53.4 Å². The van der Waals surface area contributed by atoms with Gasteiger partial charge >= 0.3 is 6.03 Å². The number of benzene rings is 1. The highest BCUT2D eigenvalue weighted by Gasteiger charge is 2.34. The Hall–Kier alpha value is -4.47. The number of halogens is 2. The molecule has 0 radical (unpaired) electrons. The van der Waals surface area contributed by atoms with E-state index in [2.05, 4.69) is 30.5 Å². The zero-order valence-corrected chi connectivity index (χ0v) is 17.8. The Morgan fingerprint density at radius 1 is 1.15 bits per heavy atom. The Labute approximate surface area is 192 Å². The Morgan fingerprint density at radius 2 is 1.97 bits per heavy atom. The van der Waals surface area contributed by atoms with Crippen LogP contribution in [0.5, 0.6) is 0 Å². The summed E-state index contributed by atoms with van der Waals surface area (Å²) in [7, 11) is 0. The summed E-state index contributed by atoms with van der Waals surface area (Å²) in [5, 5.41) is 24.6. The third-order valence-electron chi connectivity index (χ3n) is 5.68. The van der Waals surface area contributed by atoms with Crippen molar-refractivity contribution in [2.45, 2.75) is 12.5 Å². The molecule has 11 nitrogen and oxygen atoms in total. The molecule has 0 saturated carbocycles. The molecule has 2 aliphatic rings. The normalized spacial score (nSPS) is 17.8. The fourth-order valence-corrected chi connectivity index (χ4v) is 3.99. The Kier molecular flexibility index (Phi) is 5.54. The summed E-state index contributed by atoms with van der Waals surface area (Å²) in [6, 6.07) is 5.16. The third kappa shape index (κ3) is 4.01. The number of H-pyrrole nitrogens is 1. The minimum absolute atomic E-state index is 0.0401. The highest BCUT2D eigenvalue weighted by molar-refractivity contribution is 5.79. The molecule has 5 rings (SSSR count). The minimum Gasteiger partial charge on any atom is -0.337 e. The summed E-state index contributed by atoms with van der Waals surface area (Å²) in [5.41, 5.74) is 1.01. The number of nitriles is 1. The Balaban J connectivity index is 1.27. The number of amides is 2. The number of hydrogen-bond acceptors (Lipinski definition) is 8. The summed E-state index contributed by atoms with van der Waals surface area (Å²) in [4.78, 5) is 25.0. The molecular weight excluding hydrogens is 446 g/mol. The van der Waals surface area contributed by atoms with Gasteiger partial charge in [-0.05, 0) is 23.8 Å². The summed E-state index contributed by atoms with van der Waals surface area (Å²) >= 11 is 0. The van der Waals surface area contributed by atoms with Crippen molar-refractivity contribution in [2.75, 3.05) is 31.1 Å². The first-order valence-electron chi connectivity index (χ1n) is 10.5. The molecule has 13 heteroatoms. The first-order chi connectivity index (χ1) is 16.5. The quantitative estimate of drug-likeness (QED) is 0.628. The van der Waals surface area contributed by atoms with Crippen LogP contribution in [0.3, 0.4) is 0 Å². The van der Waals surface area contributed by atoms with Crippen molar-refractivity contribution in [3.8, 4) is 17.5 Å². The second kappa shape index (κ2) is 8.81. The first-order valence-corrected chi connectivity index (χ1v) is 10.5. The highest BCUT2D eigenvalue weighted by atomic mass is 19.1. The van der Waals surface area contributed by atoms with Crippen LogP contribution in [0.4, 0.5) is 19.5 Å². The van der Waals surface area contributed by atoms with Crippen LogP contribution in [0.2, 0.25) is 0 Å². The first kappa shape index (κ1) is 21.4. The van der Waals surface area contributed by atoms with Gasteiger partial charge in [0.05, 0.1) is 30.1 Å². The molecule has 4 heterocycles. The number of anilines is 1. The van der Waals surface area contributed by atoms with Crippen molar-refractivity contribution >= 4 is 18.2 Å². The van der Waals surface area contributed by atoms with Gasteiger partial charge < -0.3 is 9.80 Å². The van der Waals surface area contributed by atoms with E-state index >= 15 is 0 Å². The maximum absolute atomic E-state index is 14.2. The smallest absolute Gasteiger partial charge is 0.337 e. The molecule has 0 aliphatic carbocycles. The number of carbonyl (C=O) groups is 1. The van der Waals surface area contributed by atoms with Gasteiger partial charge in [0, 0.05) is 38.8 Å². The molecule has 1 N–H and O–H groups in total. The van der Waals surface area contributed by atoms with Gasteiger partial charge in [0.25, 0.3) is 0 Å². The van der Waals surface area contributed by atoms with Crippen LogP contribution in [0.15, 0.2) is 35.7 Å². The molecule has 34 heavy (non-hydrogen) atoms. The topological polar surface area (TPSA) is 130 Å². The number of carbonyl (C=O) groups excluding carboxylic acids is 1. The van der Waals surface area contributed by atoms with E-state index in [4.69, 9.17) is 5.26 Å². The van der Waals surface area contributed by atoms with Gasteiger partial charge in [-0.1, -0.05) is 0 Å². The lowest BCUT2D eigenvalue weighted by atomic mass is 10.0. The van der Waals surface area contributed by atoms with E-state index in [0.29, 0.717) is 44.1 Å². The van der Waals surface area contributed by atoms with Gasteiger partial charge in [0.2, 0.25) is 5.95 Å². The number of nitrogens with one attached hydrogen (secondary N) is 1. The number of urea groups is 1. The predicted molar refractivity (Wildman–Crippen MR) is 115 cm³/mol. The monoisotopic (exact) mass is 464 g/mol. The predicted octanol–water partition coefficient (Wildman–Crippen LogP) is 2.09. The molecule has 2 aliphatic heterocycles. The van der Waals surface area contributed by atoms with Crippen LogP contribution in [0.25, 0.3) is 11.4 Å². The Bertz CT molecular complexity index is 1280. The highest BCUT2D eigenvalue weighted by Crippen LogP contribution is 2.31. The van der Waals surface area contributed by atoms with E-state index in [1.54, 1.807) is 17.2 Å². The number of rotatable bonds is 3. The molecule has 1 aromatic carbocycles. The molecule has 2 amide bonds. The van der Waals surface area contributed by atoms with Crippen molar-refractivity contribution < 1.29 is 13.6 Å². The fraction of sp³-hybridized carbons (Fsp3) is 0.286. The molecule has 0 bridgehead atoms. The molecule has 172 valence electrons. The molecule has 1 saturated heterocycles. The van der Waals surface area contributed by atoms with Gasteiger partial charge in [-0.2, -0.15) is 25.8 Å². The lowest BCUT2D eigenvalue weighted by molar-refractivity contribution is 0.139. The zero-order chi connectivity index (χ0) is 23.7. The van der Waals surface area contributed by atoms with Crippen molar-refractivity contribution in [1.29, 1.82) is 5.26 Å².